The number of aromatic nitrogens is 1. The van der Waals surface area contributed by atoms with Gasteiger partial charge in [-0.3, -0.25) is 24.7 Å². The Morgan fingerprint density at radius 3 is 2.39 bits per heavy atom. The Hall–Kier alpha value is -4.34. The Kier molecular flexibility index (Phi) is 7.29. The number of pyridine rings is 1. The average Bonchev–Trinajstić information content (AvgIpc) is 2.85. The summed E-state index contributed by atoms with van der Waals surface area (Å²) in [4.78, 5) is 52.4. The maximum atomic E-state index is 13.0. The molecule has 0 radical (unpaired) electrons. The summed E-state index contributed by atoms with van der Waals surface area (Å²) in [5.74, 6) is -2.92. The molecule has 0 aliphatic rings. The van der Waals surface area contributed by atoms with E-state index >= 15 is 0 Å². The van der Waals surface area contributed by atoms with Crippen molar-refractivity contribution < 1.29 is 28.8 Å². The van der Waals surface area contributed by atoms with E-state index in [-0.39, 0.29) is 17.7 Å². The van der Waals surface area contributed by atoms with Crippen LogP contribution in [0.5, 0.6) is 0 Å². The van der Waals surface area contributed by atoms with Gasteiger partial charge in [0, 0.05) is 29.6 Å². The zero-order valence-electron chi connectivity index (χ0n) is 17.9. The van der Waals surface area contributed by atoms with Crippen molar-refractivity contribution in [2.75, 3.05) is 14.2 Å². The number of nitro groups is 1. The number of carbonyl (C=O) groups excluding carboxylic acids is 3. The zero-order valence-corrected chi connectivity index (χ0v) is 17.9. The predicted octanol–water partition coefficient (Wildman–Crippen LogP) is 2.76. The van der Waals surface area contributed by atoms with Crippen molar-refractivity contribution in [1.29, 1.82) is 0 Å². The first-order valence-corrected chi connectivity index (χ1v) is 9.88. The minimum Gasteiger partial charge on any atom is -0.469 e. The number of para-hydroxylation sites is 1. The second-order valence-corrected chi connectivity index (χ2v) is 7.13. The molecule has 0 aliphatic heterocycles. The van der Waals surface area contributed by atoms with Gasteiger partial charge in [0.2, 0.25) is 0 Å². The lowest BCUT2D eigenvalue weighted by molar-refractivity contribution is -0.384. The average molecular weight is 451 g/mol. The van der Waals surface area contributed by atoms with Gasteiger partial charge in [0.25, 0.3) is 11.6 Å². The summed E-state index contributed by atoms with van der Waals surface area (Å²) < 4.78 is 9.61. The summed E-state index contributed by atoms with van der Waals surface area (Å²) >= 11 is 0. The molecule has 0 saturated heterocycles. The number of hydrogen-bond donors (Lipinski definition) is 1. The van der Waals surface area contributed by atoms with E-state index in [1.165, 1.54) is 37.6 Å². The molecule has 0 spiro atoms. The molecule has 0 saturated carbocycles. The monoisotopic (exact) mass is 451 g/mol. The molecule has 1 amide bonds. The van der Waals surface area contributed by atoms with E-state index in [4.69, 9.17) is 9.47 Å². The first kappa shape index (κ1) is 23.3. The van der Waals surface area contributed by atoms with Gasteiger partial charge in [-0.1, -0.05) is 30.3 Å². The van der Waals surface area contributed by atoms with Gasteiger partial charge in [0.05, 0.1) is 36.6 Å². The highest BCUT2D eigenvalue weighted by Gasteiger charge is 2.34. The van der Waals surface area contributed by atoms with E-state index in [2.05, 4.69) is 10.3 Å². The summed E-state index contributed by atoms with van der Waals surface area (Å²) in [7, 11) is 2.35. The summed E-state index contributed by atoms with van der Waals surface area (Å²) in [6.45, 7) is 0. The molecule has 3 aromatic rings. The van der Waals surface area contributed by atoms with Gasteiger partial charge in [0.15, 0.2) is 0 Å². The molecule has 2 aromatic carbocycles. The number of nitro benzene ring substituents is 1. The molecular weight excluding hydrogens is 430 g/mol. The van der Waals surface area contributed by atoms with Crippen LogP contribution in [0.25, 0.3) is 10.9 Å². The fourth-order valence-corrected chi connectivity index (χ4v) is 3.40. The number of nitrogens with zero attached hydrogens (tertiary/aromatic N) is 2. The van der Waals surface area contributed by atoms with Crippen LogP contribution in [0, 0.1) is 10.1 Å². The molecule has 1 N–H and O–H groups in total. The standard InChI is InChI=1S/C23H21N3O7/c1-32-20(27)12-18(14-7-9-17(10-8-14)26(30)31)21(23(29)33-2)25-22(28)16-11-15-5-3-4-6-19(15)24-13-16/h3-11,13,18,21H,12H2,1-2H3,(H,25,28)/t18-,21-/m0/s1. The summed E-state index contributed by atoms with van der Waals surface area (Å²) in [5.41, 5.74) is 1.17. The smallest absolute Gasteiger partial charge is 0.329 e. The maximum absolute atomic E-state index is 13.0. The van der Waals surface area contributed by atoms with Crippen LogP contribution in [0.3, 0.4) is 0 Å². The number of esters is 2. The number of rotatable bonds is 8. The van der Waals surface area contributed by atoms with Gasteiger partial charge in [0.1, 0.15) is 6.04 Å². The lowest BCUT2D eigenvalue weighted by Crippen LogP contribution is -2.46. The number of fused-ring (bicyclic) bond motifs is 1. The molecule has 10 nitrogen and oxygen atoms in total. The topological polar surface area (TPSA) is 138 Å². The highest BCUT2D eigenvalue weighted by molar-refractivity contribution is 5.99. The Bertz CT molecular complexity index is 1190. The third kappa shape index (κ3) is 5.48. The van der Waals surface area contributed by atoms with Gasteiger partial charge in [-0.2, -0.15) is 0 Å². The zero-order chi connectivity index (χ0) is 24.0. The van der Waals surface area contributed by atoms with E-state index in [1.807, 2.05) is 12.1 Å². The second kappa shape index (κ2) is 10.3. The number of hydrogen-bond acceptors (Lipinski definition) is 8. The third-order valence-corrected chi connectivity index (χ3v) is 5.14. The SMILES string of the molecule is COC(=O)C[C@@H](c1ccc([N+](=O)[O-])cc1)[C@H](NC(=O)c1cnc2ccccc2c1)C(=O)OC. The van der Waals surface area contributed by atoms with Crippen molar-refractivity contribution >= 4 is 34.4 Å². The number of amides is 1. The van der Waals surface area contributed by atoms with E-state index in [0.717, 1.165) is 12.5 Å². The van der Waals surface area contributed by atoms with Crippen LogP contribution in [0.4, 0.5) is 5.69 Å². The van der Waals surface area contributed by atoms with Crippen LogP contribution in [0.15, 0.2) is 60.8 Å². The highest BCUT2D eigenvalue weighted by Crippen LogP contribution is 2.27. The summed E-state index contributed by atoms with van der Waals surface area (Å²) in [5, 5.41) is 14.3. The number of nitrogens with one attached hydrogen (secondary N) is 1. The highest BCUT2D eigenvalue weighted by atomic mass is 16.6. The molecule has 3 rings (SSSR count). The van der Waals surface area contributed by atoms with Crippen molar-refractivity contribution in [2.24, 2.45) is 0 Å². The first-order valence-electron chi connectivity index (χ1n) is 9.88. The van der Waals surface area contributed by atoms with Crippen molar-refractivity contribution in [3.63, 3.8) is 0 Å². The Labute approximate surface area is 188 Å². The second-order valence-electron chi connectivity index (χ2n) is 7.13. The van der Waals surface area contributed by atoms with Gasteiger partial charge in [-0.25, -0.2) is 4.79 Å². The Morgan fingerprint density at radius 1 is 1.06 bits per heavy atom. The summed E-state index contributed by atoms with van der Waals surface area (Å²) in [6, 6.07) is 12.9. The fourth-order valence-electron chi connectivity index (χ4n) is 3.40. The maximum Gasteiger partial charge on any atom is 0.329 e. The lowest BCUT2D eigenvalue weighted by Gasteiger charge is -2.26. The minimum atomic E-state index is -1.27. The van der Waals surface area contributed by atoms with E-state index in [1.54, 1.807) is 18.2 Å². The number of carbonyl (C=O) groups is 3. The van der Waals surface area contributed by atoms with Crippen molar-refractivity contribution in [2.45, 2.75) is 18.4 Å². The van der Waals surface area contributed by atoms with Gasteiger partial charge in [-0.05, 0) is 17.7 Å². The molecule has 33 heavy (non-hydrogen) atoms. The largest absolute Gasteiger partial charge is 0.469 e. The number of non-ortho nitro benzene ring substituents is 1. The normalized spacial score (nSPS) is 12.4. The fraction of sp³-hybridized carbons (Fsp3) is 0.217. The first-order chi connectivity index (χ1) is 15.8. The molecule has 2 atom stereocenters. The lowest BCUT2D eigenvalue weighted by atomic mass is 9.88. The van der Waals surface area contributed by atoms with E-state index < -0.39 is 34.7 Å². The molecule has 10 heteroatoms. The van der Waals surface area contributed by atoms with Gasteiger partial charge in [-0.15, -0.1) is 0 Å². The van der Waals surface area contributed by atoms with Crippen molar-refractivity contribution in [3.05, 3.63) is 82.0 Å². The van der Waals surface area contributed by atoms with Crippen LogP contribution >= 0.6 is 0 Å². The van der Waals surface area contributed by atoms with Gasteiger partial charge < -0.3 is 14.8 Å². The van der Waals surface area contributed by atoms with Crippen LogP contribution in [-0.4, -0.2) is 48.0 Å². The molecule has 170 valence electrons. The van der Waals surface area contributed by atoms with Crippen molar-refractivity contribution in [3.8, 4) is 0 Å². The molecule has 1 aromatic heterocycles. The molecule has 0 fully saturated rings. The van der Waals surface area contributed by atoms with Crippen LogP contribution < -0.4 is 5.32 Å². The Morgan fingerprint density at radius 2 is 1.76 bits per heavy atom. The van der Waals surface area contributed by atoms with Crippen LogP contribution in [0.1, 0.15) is 28.3 Å². The predicted molar refractivity (Wildman–Crippen MR) is 117 cm³/mol. The third-order valence-electron chi connectivity index (χ3n) is 5.14. The van der Waals surface area contributed by atoms with Crippen LogP contribution in [0.2, 0.25) is 0 Å². The minimum absolute atomic E-state index is 0.156. The van der Waals surface area contributed by atoms with Crippen LogP contribution in [-0.2, 0) is 19.1 Å². The number of ether oxygens (including phenoxy) is 2. The quantitative estimate of drug-likeness (QED) is 0.313. The molecular formula is C23H21N3O7. The molecule has 0 aliphatic carbocycles. The number of benzene rings is 2. The van der Waals surface area contributed by atoms with Crippen molar-refractivity contribution in [1.82, 2.24) is 10.3 Å². The van der Waals surface area contributed by atoms with Gasteiger partial charge >= 0.3 is 11.9 Å². The van der Waals surface area contributed by atoms with E-state index in [0.29, 0.717) is 11.1 Å². The Balaban J connectivity index is 1.96. The number of methoxy groups -OCH3 is 2. The van der Waals surface area contributed by atoms with E-state index in [9.17, 15) is 24.5 Å². The molecule has 0 unspecified atom stereocenters. The summed E-state index contributed by atoms with van der Waals surface area (Å²) in [6.07, 6.45) is 1.11. The molecule has 1 heterocycles. The molecule has 0 bridgehead atoms.